The van der Waals surface area contributed by atoms with Crippen molar-refractivity contribution in [3.8, 4) is 5.69 Å². The fraction of sp³-hybridized carbons (Fsp3) is 0.333. The number of nitrogens with zero attached hydrogens (tertiary/aromatic N) is 2. The minimum absolute atomic E-state index is 0.107. The number of hydrogen-bond acceptors (Lipinski definition) is 3. The van der Waals surface area contributed by atoms with Crippen LogP contribution in [0.4, 0.5) is 10.6 Å². The van der Waals surface area contributed by atoms with E-state index in [9.17, 15) is 4.79 Å². The van der Waals surface area contributed by atoms with Gasteiger partial charge >= 0.3 is 6.03 Å². The van der Waals surface area contributed by atoms with Crippen LogP contribution in [0.15, 0.2) is 30.3 Å². The van der Waals surface area contributed by atoms with Gasteiger partial charge in [-0.15, -0.1) is 5.10 Å². The van der Waals surface area contributed by atoms with E-state index in [4.69, 9.17) is 5.11 Å². The molecule has 2 amide bonds. The topological polar surface area (TPSA) is 79.2 Å². The molecule has 1 heterocycles. The molecule has 2 rings (SSSR count). The van der Waals surface area contributed by atoms with Crippen molar-refractivity contribution in [1.29, 1.82) is 0 Å². The van der Waals surface area contributed by atoms with E-state index in [0.29, 0.717) is 5.82 Å². The highest BCUT2D eigenvalue weighted by Crippen LogP contribution is 2.15. The third-order valence-electron chi connectivity index (χ3n) is 3.06. The average Bonchev–Trinajstić information content (AvgIpc) is 2.80. The Hall–Kier alpha value is -2.34. The van der Waals surface area contributed by atoms with Gasteiger partial charge in [0.25, 0.3) is 0 Å². The highest BCUT2D eigenvalue weighted by atomic mass is 16.3. The lowest BCUT2D eigenvalue weighted by Crippen LogP contribution is -2.38. The van der Waals surface area contributed by atoms with E-state index in [1.807, 2.05) is 38.1 Å². The molecule has 3 N–H and O–H groups in total. The molecular weight excluding hydrogens is 268 g/mol. The van der Waals surface area contributed by atoms with Crippen LogP contribution in [0.1, 0.15) is 18.2 Å². The second kappa shape index (κ2) is 6.41. The second-order valence-corrected chi connectivity index (χ2v) is 5.10. The number of rotatable bonds is 4. The van der Waals surface area contributed by atoms with Crippen molar-refractivity contribution < 1.29 is 9.90 Å². The van der Waals surface area contributed by atoms with E-state index < -0.39 is 0 Å². The lowest BCUT2D eigenvalue weighted by molar-refractivity contribution is 0.229. The standard InChI is InChI=1S/C15H20N4O2/c1-10-4-6-13(7-5-10)19-12(3)8-14(18-19)17-15(21)16-11(2)9-20/h4-8,11,20H,9H2,1-3H3,(H2,16,17,18,21)/t11-/m0/s1. The first kappa shape index (κ1) is 15.1. The number of aliphatic hydroxyl groups excluding tert-OH is 1. The molecule has 0 saturated carbocycles. The Kier molecular flexibility index (Phi) is 4.59. The van der Waals surface area contributed by atoms with Crippen molar-refractivity contribution in [1.82, 2.24) is 15.1 Å². The molecule has 112 valence electrons. The number of hydrogen-bond donors (Lipinski definition) is 3. The molecule has 0 spiro atoms. The van der Waals surface area contributed by atoms with Gasteiger partial charge in [-0.1, -0.05) is 17.7 Å². The molecule has 0 radical (unpaired) electrons. The van der Waals surface area contributed by atoms with Gasteiger partial charge in [0.05, 0.1) is 18.3 Å². The van der Waals surface area contributed by atoms with Gasteiger partial charge in [0, 0.05) is 11.8 Å². The largest absolute Gasteiger partial charge is 0.394 e. The summed E-state index contributed by atoms with van der Waals surface area (Å²) in [5, 5.41) is 18.5. The number of anilines is 1. The van der Waals surface area contributed by atoms with Crippen molar-refractivity contribution in [3.63, 3.8) is 0 Å². The maximum Gasteiger partial charge on any atom is 0.320 e. The van der Waals surface area contributed by atoms with Crippen molar-refractivity contribution in [2.45, 2.75) is 26.8 Å². The molecule has 6 nitrogen and oxygen atoms in total. The van der Waals surface area contributed by atoms with Gasteiger partial charge in [-0.25, -0.2) is 9.48 Å². The van der Waals surface area contributed by atoms with E-state index >= 15 is 0 Å². The molecule has 21 heavy (non-hydrogen) atoms. The van der Waals surface area contributed by atoms with Crippen molar-refractivity contribution in [3.05, 3.63) is 41.6 Å². The fourth-order valence-electron chi connectivity index (χ4n) is 1.90. The summed E-state index contributed by atoms with van der Waals surface area (Å²) in [7, 11) is 0. The number of aromatic nitrogens is 2. The normalized spacial score (nSPS) is 12.0. The van der Waals surface area contributed by atoms with Crippen molar-refractivity contribution in [2.75, 3.05) is 11.9 Å². The Balaban J connectivity index is 2.12. The van der Waals surface area contributed by atoms with Crippen molar-refractivity contribution >= 4 is 11.8 Å². The van der Waals surface area contributed by atoms with Gasteiger partial charge in [-0.05, 0) is 32.9 Å². The zero-order valence-corrected chi connectivity index (χ0v) is 12.4. The summed E-state index contributed by atoms with van der Waals surface area (Å²) in [5.74, 6) is 0.468. The molecule has 1 atom stereocenters. The van der Waals surface area contributed by atoms with Gasteiger partial charge in [0.2, 0.25) is 0 Å². The minimum atomic E-state index is -0.384. The van der Waals surface area contributed by atoms with Gasteiger partial charge in [-0.3, -0.25) is 5.32 Å². The number of carbonyl (C=O) groups is 1. The molecule has 6 heteroatoms. The van der Waals surface area contributed by atoms with Crippen LogP contribution in [0.2, 0.25) is 0 Å². The highest BCUT2D eigenvalue weighted by Gasteiger charge is 2.10. The molecule has 0 aliphatic carbocycles. The van der Waals surface area contributed by atoms with Gasteiger partial charge in [-0.2, -0.15) is 0 Å². The van der Waals surface area contributed by atoms with E-state index in [2.05, 4.69) is 15.7 Å². The van der Waals surface area contributed by atoms with E-state index in [1.54, 1.807) is 17.7 Å². The zero-order valence-electron chi connectivity index (χ0n) is 12.4. The van der Waals surface area contributed by atoms with Gasteiger partial charge in [0.1, 0.15) is 0 Å². The van der Waals surface area contributed by atoms with Crippen LogP contribution >= 0.6 is 0 Å². The third-order valence-corrected chi connectivity index (χ3v) is 3.06. The number of urea groups is 1. The van der Waals surface area contributed by atoms with Crippen LogP contribution in [-0.4, -0.2) is 33.6 Å². The third kappa shape index (κ3) is 3.82. The number of nitrogens with one attached hydrogen (secondary N) is 2. The Morgan fingerprint density at radius 2 is 2.00 bits per heavy atom. The highest BCUT2D eigenvalue weighted by molar-refractivity contribution is 5.88. The van der Waals surface area contributed by atoms with Crippen molar-refractivity contribution in [2.24, 2.45) is 0 Å². The monoisotopic (exact) mass is 288 g/mol. The summed E-state index contributed by atoms with van der Waals surface area (Å²) in [6, 6.07) is 9.09. The molecule has 0 unspecified atom stereocenters. The molecular formula is C15H20N4O2. The molecule has 0 saturated heterocycles. The molecule has 0 bridgehead atoms. The maximum absolute atomic E-state index is 11.7. The van der Waals surface area contributed by atoms with Crippen LogP contribution in [0.3, 0.4) is 0 Å². The molecule has 0 fully saturated rings. The Labute approximate surface area is 123 Å². The molecule has 1 aromatic carbocycles. The maximum atomic E-state index is 11.7. The van der Waals surface area contributed by atoms with Crippen LogP contribution in [0.25, 0.3) is 5.69 Å². The Bertz CT molecular complexity index is 619. The molecule has 0 aliphatic rings. The van der Waals surface area contributed by atoms with Gasteiger partial charge in [0.15, 0.2) is 5.82 Å². The summed E-state index contributed by atoms with van der Waals surface area (Å²) in [6.07, 6.45) is 0. The predicted octanol–water partition coefficient (Wildman–Crippen LogP) is 1.99. The first-order chi connectivity index (χ1) is 9.99. The lowest BCUT2D eigenvalue weighted by atomic mass is 10.2. The number of benzene rings is 1. The van der Waals surface area contributed by atoms with E-state index in [0.717, 1.165) is 11.4 Å². The zero-order chi connectivity index (χ0) is 15.4. The number of amides is 2. The second-order valence-electron chi connectivity index (χ2n) is 5.10. The first-order valence-electron chi connectivity index (χ1n) is 6.81. The average molecular weight is 288 g/mol. The van der Waals surface area contributed by atoms with Crippen LogP contribution < -0.4 is 10.6 Å². The van der Waals surface area contributed by atoms with Gasteiger partial charge < -0.3 is 10.4 Å². The first-order valence-corrected chi connectivity index (χ1v) is 6.81. The minimum Gasteiger partial charge on any atom is -0.394 e. The summed E-state index contributed by atoms with van der Waals surface area (Å²) >= 11 is 0. The summed E-state index contributed by atoms with van der Waals surface area (Å²) in [5.41, 5.74) is 3.04. The number of aryl methyl sites for hydroxylation is 2. The predicted molar refractivity (Wildman–Crippen MR) is 81.7 cm³/mol. The quantitative estimate of drug-likeness (QED) is 0.805. The lowest BCUT2D eigenvalue weighted by Gasteiger charge is -2.10. The SMILES string of the molecule is Cc1ccc(-n2nc(NC(=O)N[C@@H](C)CO)cc2C)cc1. The smallest absolute Gasteiger partial charge is 0.320 e. The Morgan fingerprint density at radius 3 is 2.62 bits per heavy atom. The van der Waals surface area contributed by atoms with E-state index in [1.165, 1.54) is 5.56 Å². The Morgan fingerprint density at radius 1 is 1.33 bits per heavy atom. The molecule has 1 aromatic heterocycles. The van der Waals surface area contributed by atoms with E-state index in [-0.39, 0.29) is 18.7 Å². The summed E-state index contributed by atoms with van der Waals surface area (Å²) in [4.78, 5) is 11.7. The molecule has 0 aliphatic heterocycles. The number of carbonyl (C=O) groups excluding carboxylic acids is 1. The van der Waals surface area contributed by atoms with Crippen LogP contribution in [0, 0.1) is 13.8 Å². The molecule has 2 aromatic rings. The summed E-state index contributed by atoms with van der Waals surface area (Å²) in [6.45, 7) is 5.56. The fourth-order valence-corrected chi connectivity index (χ4v) is 1.90. The van der Waals surface area contributed by atoms with Crippen LogP contribution in [0.5, 0.6) is 0 Å². The summed E-state index contributed by atoms with van der Waals surface area (Å²) < 4.78 is 1.77. The van der Waals surface area contributed by atoms with Crippen LogP contribution in [-0.2, 0) is 0 Å². The number of aliphatic hydroxyl groups is 1.